The van der Waals surface area contributed by atoms with Gasteiger partial charge in [0, 0.05) is 16.0 Å². The van der Waals surface area contributed by atoms with Crippen molar-refractivity contribution in [2.45, 2.75) is 6.04 Å². The van der Waals surface area contributed by atoms with Gasteiger partial charge >= 0.3 is 0 Å². The number of fused-ring (bicyclic) bond motifs is 1. The first-order valence-corrected chi connectivity index (χ1v) is 6.35. The molecule has 5 heteroatoms. The molecule has 2 N–H and O–H groups in total. The zero-order valence-electron chi connectivity index (χ0n) is 8.76. The highest BCUT2D eigenvalue weighted by atomic mass is 35.5. The number of aromatic nitrogens is 1. The van der Waals surface area contributed by atoms with E-state index in [0.717, 1.165) is 10.4 Å². The largest absolute Gasteiger partial charge is 0.439 e. The lowest BCUT2D eigenvalue weighted by Gasteiger charge is -2.02. The summed E-state index contributed by atoms with van der Waals surface area (Å²) in [6.45, 7) is 0. The van der Waals surface area contributed by atoms with Gasteiger partial charge in [-0.15, -0.1) is 11.3 Å². The standard InChI is InChI=1S/C12H9ClN2OS/c13-7-3-4-8-9(6-7)16-12(15-8)11(14)10-2-1-5-17-10/h1-6,11H,14H2. The molecule has 0 saturated carbocycles. The minimum Gasteiger partial charge on any atom is -0.439 e. The van der Waals surface area contributed by atoms with Gasteiger partial charge in [0.1, 0.15) is 11.6 Å². The summed E-state index contributed by atoms with van der Waals surface area (Å²) in [6, 6.07) is 8.96. The number of rotatable bonds is 2. The van der Waals surface area contributed by atoms with E-state index in [-0.39, 0.29) is 6.04 Å². The SMILES string of the molecule is NC(c1nc2ccc(Cl)cc2o1)c1cccs1. The van der Waals surface area contributed by atoms with Crippen LogP contribution in [0.3, 0.4) is 0 Å². The number of nitrogens with two attached hydrogens (primary N) is 1. The molecule has 0 amide bonds. The summed E-state index contributed by atoms with van der Waals surface area (Å²) in [4.78, 5) is 5.40. The van der Waals surface area contributed by atoms with E-state index in [2.05, 4.69) is 4.98 Å². The van der Waals surface area contributed by atoms with Crippen LogP contribution in [0.4, 0.5) is 0 Å². The van der Waals surface area contributed by atoms with E-state index >= 15 is 0 Å². The summed E-state index contributed by atoms with van der Waals surface area (Å²) < 4.78 is 5.62. The summed E-state index contributed by atoms with van der Waals surface area (Å²) in [5.41, 5.74) is 7.52. The fraction of sp³-hybridized carbons (Fsp3) is 0.0833. The molecular weight excluding hydrogens is 256 g/mol. The summed E-state index contributed by atoms with van der Waals surface area (Å²) in [6.07, 6.45) is 0. The summed E-state index contributed by atoms with van der Waals surface area (Å²) in [5, 5.41) is 2.61. The Morgan fingerprint density at radius 2 is 2.24 bits per heavy atom. The highest BCUT2D eigenvalue weighted by molar-refractivity contribution is 7.10. The maximum Gasteiger partial charge on any atom is 0.217 e. The Bertz CT molecular complexity index is 648. The number of oxazole rings is 1. The Labute approximate surface area is 107 Å². The zero-order chi connectivity index (χ0) is 11.8. The second-order valence-electron chi connectivity index (χ2n) is 3.66. The van der Waals surface area contributed by atoms with Crippen LogP contribution >= 0.6 is 22.9 Å². The van der Waals surface area contributed by atoms with Crippen LogP contribution in [0.25, 0.3) is 11.1 Å². The summed E-state index contributed by atoms with van der Waals surface area (Å²) >= 11 is 7.48. The lowest BCUT2D eigenvalue weighted by Crippen LogP contribution is -2.10. The maximum absolute atomic E-state index is 6.08. The van der Waals surface area contributed by atoms with Crippen molar-refractivity contribution in [3.63, 3.8) is 0 Å². The van der Waals surface area contributed by atoms with Gasteiger partial charge < -0.3 is 10.2 Å². The molecule has 0 spiro atoms. The van der Waals surface area contributed by atoms with Gasteiger partial charge in [0.05, 0.1) is 0 Å². The molecule has 0 aliphatic carbocycles. The number of benzene rings is 1. The Hall–Kier alpha value is -1.36. The summed E-state index contributed by atoms with van der Waals surface area (Å²) in [7, 11) is 0. The molecule has 2 heterocycles. The number of nitrogens with zero attached hydrogens (tertiary/aromatic N) is 1. The van der Waals surface area contributed by atoms with E-state index in [0.29, 0.717) is 16.5 Å². The average molecular weight is 265 g/mol. The minimum atomic E-state index is -0.318. The van der Waals surface area contributed by atoms with Crippen LogP contribution in [0.5, 0.6) is 0 Å². The van der Waals surface area contributed by atoms with Crippen molar-refractivity contribution in [3.05, 3.63) is 51.5 Å². The third-order valence-electron chi connectivity index (χ3n) is 2.48. The molecule has 1 atom stereocenters. The Morgan fingerprint density at radius 3 is 3.00 bits per heavy atom. The van der Waals surface area contributed by atoms with Gasteiger partial charge in [0.25, 0.3) is 0 Å². The van der Waals surface area contributed by atoms with Crippen LogP contribution in [0.15, 0.2) is 40.1 Å². The first kappa shape index (κ1) is 10.8. The summed E-state index contributed by atoms with van der Waals surface area (Å²) in [5.74, 6) is 0.518. The number of hydrogen-bond donors (Lipinski definition) is 1. The van der Waals surface area contributed by atoms with Gasteiger partial charge in [0.15, 0.2) is 5.58 Å². The zero-order valence-corrected chi connectivity index (χ0v) is 10.3. The first-order chi connectivity index (χ1) is 8.24. The molecule has 0 bridgehead atoms. The van der Waals surface area contributed by atoms with Crippen molar-refractivity contribution < 1.29 is 4.42 Å². The van der Waals surface area contributed by atoms with Gasteiger partial charge in [-0.2, -0.15) is 0 Å². The highest BCUT2D eigenvalue weighted by Crippen LogP contribution is 2.27. The predicted molar refractivity (Wildman–Crippen MR) is 69.4 cm³/mol. The second-order valence-corrected chi connectivity index (χ2v) is 5.07. The van der Waals surface area contributed by atoms with Crippen LogP contribution in [0.2, 0.25) is 5.02 Å². The van der Waals surface area contributed by atoms with Crippen molar-refractivity contribution in [1.82, 2.24) is 4.98 Å². The topological polar surface area (TPSA) is 52.0 Å². The molecule has 1 unspecified atom stereocenters. The third kappa shape index (κ3) is 1.95. The van der Waals surface area contributed by atoms with Gasteiger partial charge in [-0.05, 0) is 23.6 Å². The molecule has 17 heavy (non-hydrogen) atoms. The first-order valence-electron chi connectivity index (χ1n) is 5.09. The third-order valence-corrected chi connectivity index (χ3v) is 3.67. The fourth-order valence-electron chi connectivity index (χ4n) is 1.64. The van der Waals surface area contributed by atoms with Crippen molar-refractivity contribution in [1.29, 1.82) is 0 Å². The highest BCUT2D eigenvalue weighted by Gasteiger charge is 2.16. The van der Waals surface area contributed by atoms with E-state index in [4.69, 9.17) is 21.8 Å². The van der Waals surface area contributed by atoms with Gasteiger partial charge in [-0.3, -0.25) is 0 Å². The molecule has 0 saturated heterocycles. The van der Waals surface area contributed by atoms with Crippen LogP contribution < -0.4 is 5.73 Å². The van der Waals surface area contributed by atoms with E-state index < -0.39 is 0 Å². The molecule has 3 aromatic rings. The quantitative estimate of drug-likeness (QED) is 0.770. The Balaban J connectivity index is 2.06. The Kier molecular flexibility index (Phi) is 2.63. The average Bonchev–Trinajstić information content (AvgIpc) is 2.96. The lowest BCUT2D eigenvalue weighted by atomic mass is 10.2. The number of halogens is 1. The van der Waals surface area contributed by atoms with Crippen molar-refractivity contribution >= 4 is 34.0 Å². The smallest absolute Gasteiger partial charge is 0.217 e. The van der Waals surface area contributed by atoms with Crippen LogP contribution in [-0.2, 0) is 0 Å². The number of thiophene rings is 1. The van der Waals surface area contributed by atoms with Gasteiger partial charge in [0.2, 0.25) is 5.89 Å². The molecule has 1 aromatic carbocycles. The van der Waals surface area contributed by atoms with Gasteiger partial charge in [-0.25, -0.2) is 4.98 Å². The van der Waals surface area contributed by atoms with E-state index in [9.17, 15) is 0 Å². The molecule has 86 valence electrons. The molecular formula is C12H9ClN2OS. The van der Waals surface area contributed by atoms with Crippen LogP contribution in [-0.4, -0.2) is 4.98 Å². The lowest BCUT2D eigenvalue weighted by molar-refractivity contribution is 0.507. The molecule has 3 rings (SSSR count). The van der Waals surface area contributed by atoms with E-state index in [1.54, 1.807) is 23.5 Å². The van der Waals surface area contributed by atoms with Crippen LogP contribution in [0.1, 0.15) is 16.8 Å². The molecule has 3 nitrogen and oxygen atoms in total. The monoisotopic (exact) mass is 264 g/mol. The molecule has 0 radical (unpaired) electrons. The van der Waals surface area contributed by atoms with Crippen molar-refractivity contribution in [2.24, 2.45) is 5.73 Å². The fourth-order valence-corrected chi connectivity index (χ4v) is 2.52. The normalized spacial score (nSPS) is 13.1. The van der Waals surface area contributed by atoms with Crippen molar-refractivity contribution in [3.8, 4) is 0 Å². The molecule has 0 aliphatic rings. The second kappa shape index (κ2) is 4.14. The van der Waals surface area contributed by atoms with Crippen LogP contribution in [0, 0.1) is 0 Å². The van der Waals surface area contributed by atoms with Crippen molar-refractivity contribution in [2.75, 3.05) is 0 Å². The van der Waals surface area contributed by atoms with E-state index in [1.807, 2.05) is 23.6 Å². The Morgan fingerprint density at radius 1 is 1.35 bits per heavy atom. The molecule has 0 aliphatic heterocycles. The molecule has 0 fully saturated rings. The van der Waals surface area contributed by atoms with E-state index in [1.165, 1.54) is 0 Å². The maximum atomic E-state index is 6.08. The van der Waals surface area contributed by atoms with Gasteiger partial charge in [-0.1, -0.05) is 17.7 Å². The predicted octanol–water partition coefficient (Wildman–Crippen LogP) is 3.59. The molecule has 2 aromatic heterocycles. The minimum absolute atomic E-state index is 0.318. The number of hydrogen-bond acceptors (Lipinski definition) is 4.